The molecule has 2 atom stereocenters. The molecule has 1 amide bonds. The summed E-state index contributed by atoms with van der Waals surface area (Å²) in [6.07, 6.45) is 0. The highest BCUT2D eigenvalue weighted by atomic mass is 32.2. The van der Waals surface area contributed by atoms with Crippen LogP contribution >= 0.6 is 11.8 Å². The Balaban J connectivity index is 1.85. The van der Waals surface area contributed by atoms with Crippen molar-refractivity contribution in [2.75, 3.05) is 25.4 Å². The first-order valence-corrected chi connectivity index (χ1v) is 8.00. The molecule has 2 heterocycles. The van der Waals surface area contributed by atoms with Gasteiger partial charge in [0.15, 0.2) is 0 Å². The molecule has 2 unspecified atom stereocenters. The maximum absolute atomic E-state index is 12.6. The Morgan fingerprint density at radius 3 is 2.68 bits per heavy atom. The van der Waals surface area contributed by atoms with Gasteiger partial charge in [-0.1, -0.05) is 37.3 Å². The van der Waals surface area contributed by atoms with Crippen molar-refractivity contribution in [3.05, 3.63) is 35.9 Å². The lowest BCUT2D eigenvalue weighted by atomic mass is 9.97. The minimum Gasteiger partial charge on any atom is -0.333 e. The van der Waals surface area contributed by atoms with Crippen molar-refractivity contribution in [1.29, 1.82) is 0 Å². The number of nitrogens with zero attached hydrogens (tertiary/aromatic N) is 1. The van der Waals surface area contributed by atoms with E-state index in [0.29, 0.717) is 11.2 Å². The molecule has 3 rings (SSSR count). The molecule has 4 heteroatoms. The van der Waals surface area contributed by atoms with Gasteiger partial charge in [0.2, 0.25) is 5.91 Å². The van der Waals surface area contributed by atoms with Gasteiger partial charge >= 0.3 is 0 Å². The number of carbonyl (C=O) groups excluding carboxylic acids is 1. The Hall–Kier alpha value is -1.00. The average Bonchev–Trinajstić information content (AvgIpc) is 2.37. The van der Waals surface area contributed by atoms with Gasteiger partial charge in [0.05, 0.1) is 12.0 Å². The Kier molecular flexibility index (Phi) is 3.80. The van der Waals surface area contributed by atoms with E-state index in [4.69, 9.17) is 0 Å². The average molecular weight is 276 g/mol. The van der Waals surface area contributed by atoms with Gasteiger partial charge in [-0.25, -0.2) is 0 Å². The number of benzene rings is 1. The normalized spacial score (nSPS) is 27.9. The van der Waals surface area contributed by atoms with Crippen molar-refractivity contribution in [1.82, 2.24) is 10.2 Å². The summed E-state index contributed by atoms with van der Waals surface area (Å²) in [5, 5.41) is 3.66. The number of rotatable bonds is 2. The third-order valence-electron chi connectivity index (χ3n) is 4.05. The largest absolute Gasteiger partial charge is 0.333 e. The number of carbonyl (C=O) groups is 1. The van der Waals surface area contributed by atoms with Gasteiger partial charge in [-0.3, -0.25) is 4.79 Å². The summed E-state index contributed by atoms with van der Waals surface area (Å²) in [7, 11) is 0. The van der Waals surface area contributed by atoms with Crippen LogP contribution in [0.2, 0.25) is 0 Å². The van der Waals surface area contributed by atoms with Crippen molar-refractivity contribution < 1.29 is 4.79 Å². The van der Waals surface area contributed by atoms with Crippen LogP contribution in [0.3, 0.4) is 0 Å². The molecule has 2 aliphatic heterocycles. The number of amides is 1. The summed E-state index contributed by atoms with van der Waals surface area (Å²) in [5.41, 5.74) is 1.27. The third kappa shape index (κ3) is 2.51. The van der Waals surface area contributed by atoms with Crippen molar-refractivity contribution >= 4 is 17.7 Å². The molecular formula is C15H20N2OS. The summed E-state index contributed by atoms with van der Waals surface area (Å²) >= 11 is 1.97. The minimum absolute atomic E-state index is 0.196. The summed E-state index contributed by atoms with van der Waals surface area (Å²) in [4.78, 5) is 14.7. The molecule has 0 bridgehead atoms. The van der Waals surface area contributed by atoms with Crippen LogP contribution in [0.25, 0.3) is 0 Å². The first kappa shape index (κ1) is 13.0. The number of nitrogens with one attached hydrogen (secondary N) is 1. The second-order valence-corrected chi connectivity index (χ2v) is 6.80. The molecule has 19 heavy (non-hydrogen) atoms. The summed E-state index contributed by atoms with van der Waals surface area (Å²) in [5.74, 6) is 1.58. The monoisotopic (exact) mass is 276 g/mol. The fourth-order valence-electron chi connectivity index (χ4n) is 2.87. The Bertz CT molecular complexity index is 447. The van der Waals surface area contributed by atoms with E-state index in [-0.39, 0.29) is 12.0 Å². The summed E-state index contributed by atoms with van der Waals surface area (Å²) < 4.78 is 0. The quantitative estimate of drug-likeness (QED) is 0.895. The van der Waals surface area contributed by atoms with Crippen LogP contribution in [0.1, 0.15) is 18.5 Å². The lowest BCUT2D eigenvalue weighted by Crippen LogP contribution is -2.55. The highest BCUT2D eigenvalue weighted by Gasteiger charge is 2.37. The molecule has 102 valence electrons. The van der Waals surface area contributed by atoms with Gasteiger partial charge in [0, 0.05) is 30.6 Å². The van der Waals surface area contributed by atoms with Crippen LogP contribution in [0.4, 0.5) is 0 Å². The van der Waals surface area contributed by atoms with Gasteiger partial charge in [-0.2, -0.15) is 11.8 Å². The van der Waals surface area contributed by atoms with Crippen molar-refractivity contribution in [3.8, 4) is 0 Å². The fourth-order valence-corrected chi connectivity index (χ4v) is 4.03. The zero-order valence-electron chi connectivity index (χ0n) is 11.2. The van der Waals surface area contributed by atoms with Crippen LogP contribution in [-0.4, -0.2) is 41.4 Å². The smallest absolute Gasteiger partial charge is 0.228 e. The fraction of sp³-hybridized carbons (Fsp3) is 0.533. The second-order valence-electron chi connectivity index (χ2n) is 5.32. The van der Waals surface area contributed by atoms with E-state index in [1.807, 2.05) is 17.8 Å². The first-order valence-electron chi connectivity index (χ1n) is 6.95. The van der Waals surface area contributed by atoms with E-state index < -0.39 is 0 Å². The van der Waals surface area contributed by atoms with E-state index in [2.05, 4.69) is 41.4 Å². The van der Waals surface area contributed by atoms with Crippen LogP contribution in [-0.2, 0) is 4.79 Å². The third-order valence-corrected chi connectivity index (χ3v) is 5.25. The minimum atomic E-state index is 0.196. The van der Waals surface area contributed by atoms with Gasteiger partial charge < -0.3 is 10.2 Å². The number of hydrogen-bond donors (Lipinski definition) is 1. The molecule has 3 nitrogen and oxygen atoms in total. The van der Waals surface area contributed by atoms with Crippen LogP contribution < -0.4 is 5.32 Å². The van der Waals surface area contributed by atoms with E-state index in [0.717, 1.165) is 25.4 Å². The molecule has 1 N–H and O–H groups in total. The highest BCUT2D eigenvalue weighted by Crippen LogP contribution is 2.36. The van der Waals surface area contributed by atoms with E-state index in [1.54, 1.807) is 0 Å². The number of hydrogen-bond acceptors (Lipinski definition) is 3. The van der Waals surface area contributed by atoms with Crippen molar-refractivity contribution in [2.24, 2.45) is 5.92 Å². The van der Waals surface area contributed by atoms with E-state index in [1.165, 1.54) is 5.56 Å². The zero-order valence-corrected chi connectivity index (χ0v) is 12.0. The zero-order chi connectivity index (χ0) is 13.2. The van der Waals surface area contributed by atoms with Crippen LogP contribution in [0.5, 0.6) is 0 Å². The maximum Gasteiger partial charge on any atom is 0.228 e. The Morgan fingerprint density at radius 2 is 2.05 bits per heavy atom. The molecule has 1 aromatic rings. The van der Waals surface area contributed by atoms with Crippen molar-refractivity contribution in [2.45, 2.75) is 18.2 Å². The Morgan fingerprint density at radius 1 is 1.32 bits per heavy atom. The highest BCUT2D eigenvalue weighted by molar-refractivity contribution is 8.00. The SMILES string of the molecule is CC1SCCN(C(=O)C2CNC2)C1c1ccccc1. The molecular weight excluding hydrogens is 256 g/mol. The van der Waals surface area contributed by atoms with Crippen LogP contribution in [0.15, 0.2) is 30.3 Å². The molecule has 2 fully saturated rings. The van der Waals surface area contributed by atoms with E-state index in [9.17, 15) is 4.79 Å². The maximum atomic E-state index is 12.6. The molecule has 1 aromatic carbocycles. The summed E-state index contributed by atoms with van der Waals surface area (Å²) in [6.45, 7) is 4.81. The number of thioether (sulfide) groups is 1. The molecule has 0 spiro atoms. The van der Waals surface area contributed by atoms with Gasteiger partial charge in [-0.05, 0) is 5.56 Å². The lowest BCUT2D eigenvalue weighted by molar-refractivity contribution is -0.139. The molecule has 0 aromatic heterocycles. The Labute approximate surface area is 118 Å². The molecule has 0 aliphatic carbocycles. The molecule has 2 saturated heterocycles. The predicted octanol–water partition coefficient (Wildman–Crippen LogP) is 1.91. The summed E-state index contributed by atoms with van der Waals surface area (Å²) in [6, 6.07) is 10.7. The first-order chi connectivity index (χ1) is 9.27. The molecule has 0 radical (unpaired) electrons. The van der Waals surface area contributed by atoms with E-state index >= 15 is 0 Å². The lowest BCUT2D eigenvalue weighted by Gasteiger charge is -2.43. The molecule has 2 aliphatic rings. The van der Waals surface area contributed by atoms with Gasteiger partial charge in [-0.15, -0.1) is 0 Å². The predicted molar refractivity (Wildman–Crippen MR) is 79.2 cm³/mol. The van der Waals surface area contributed by atoms with Gasteiger partial charge in [0.25, 0.3) is 0 Å². The molecule has 0 saturated carbocycles. The van der Waals surface area contributed by atoms with Crippen molar-refractivity contribution in [3.63, 3.8) is 0 Å². The topological polar surface area (TPSA) is 32.3 Å². The van der Waals surface area contributed by atoms with Crippen LogP contribution in [0, 0.1) is 5.92 Å². The van der Waals surface area contributed by atoms with Gasteiger partial charge in [0.1, 0.15) is 0 Å². The second kappa shape index (κ2) is 5.55. The standard InChI is InChI=1S/C15H20N2OS/c1-11-14(12-5-3-2-4-6-12)17(7-8-19-11)15(18)13-9-16-10-13/h2-6,11,13-14,16H,7-10H2,1H3.